The summed E-state index contributed by atoms with van der Waals surface area (Å²) >= 11 is 0. The van der Waals surface area contributed by atoms with E-state index in [1.165, 1.54) is 61.8 Å². The van der Waals surface area contributed by atoms with E-state index in [2.05, 4.69) is 68.2 Å². The summed E-state index contributed by atoms with van der Waals surface area (Å²) in [5.74, 6) is 0. The Morgan fingerprint density at radius 2 is 1.91 bits per heavy atom. The first kappa shape index (κ1) is 16.4. The molecule has 0 bridgehead atoms. The first-order chi connectivity index (χ1) is 11.1. The van der Waals surface area contributed by atoms with Gasteiger partial charge in [-0.05, 0) is 55.7 Å². The van der Waals surface area contributed by atoms with E-state index >= 15 is 0 Å². The molecule has 0 spiro atoms. The first-order valence-electron chi connectivity index (χ1n) is 9.45. The molecule has 1 atom stereocenters. The maximum atomic E-state index is 2.56. The largest absolute Gasteiger partial charge is 0.358 e. The van der Waals surface area contributed by atoms with Crippen LogP contribution in [0, 0.1) is 5.41 Å². The van der Waals surface area contributed by atoms with Crippen molar-refractivity contribution in [2.45, 2.75) is 71.9 Å². The van der Waals surface area contributed by atoms with Crippen molar-refractivity contribution in [3.05, 3.63) is 41.7 Å². The third kappa shape index (κ3) is 2.77. The molecule has 2 heteroatoms. The normalized spacial score (nSPS) is 22.0. The molecule has 0 N–H and O–H groups in total. The second-order valence-electron chi connectivity index (χ2n) is 7.38. The van der Waals surface area contributed by atoms with Crippen LogP contribution in [0.25, 0.3) is 0 Å². The molecule has 0 fully saturated rings. The molecule has 2 aliphatic rings. The van der Waals surface area contributed by atoms with E-state index in [9.17, 15) is 0 Å². The van der Waals surface area contributed by atoms with Gasteiger partial charge in [-0.1, -0.05) is 39.3 Å². The number of anilines is 1. The minimum Gasteiger partial charge on any atom is -0.358 e. The Hall–Kier alpha value is -1.44. The summed E-state index contributed by atoms with van der Waals surface area (Å²) in [6, 6.07) is 7.21. The Kier molecular flexibility index (Phi) is 4.70. The van der Waals surface area contributed by atoms with E-state index in [1.54, 1.807) is 0 Å². The molecule has 1 unspecified atom stereocenters. The Bertz CT molecular complexity index is 571. The van der Waals surface area contributed by atoms with Crippen LogP contribution in [-0.2, 0) is 12.8 Å². The van der Waals surface area contributed by atoms with Gasteiger partial charge in [0, 0.05) is 30.5 Å². The van der Waals surface area contributed by atoms with Gasteiger partial charge < -0.3 is 9.80 Å². The number of nitrogens with zero attached hydrogens (tertiary/aromatic N) is 2. The number of aryl methyl sites for hydroxylation is 2. The summed E-state index contributed by atoms with van der Waals surface area (Å²) in [6.45, 7) is 7.02. The van der Waals surface area contributed by atoms with E-state index in [-0.39, 0.29) is 0 Å². The van der Waals surface area contributed by atoms with Gasteiger partial charge in [0.2, 0.25) is 0 Å². The molecule has 2 nitrogen and oxygen atoms in total. The van der Waals surface area contributed by atoms with E-state index < -0.39 is 0 Å². The highest BCUT2D eigenvalue weighted by Gasteiger charge is 2.45. The maximum absolute atomic E-state index is 2.56. The number of rotatable bonds is 5. The Balaban J connectivity index is 2.01. The molecule has 1 aromatic rings. The molecular weight excluding hydrogens is 280 g/mol. The van der Waals surface area contributed by atoms with E-state index in [1.807, 2.05) is 0 Å². The lowest BCUT2D eigenvalue weighted by Crippen LogP contribution is -2.49. The highest BCUT2D eigenvalue weighted by molar-refractivity contribution is 5.61. The number of hydrogen-bond acceptors (Lipinski definition) is 2. The van der Waals surface area contributed by atoms with Crippen molar-refractivity contribution < 1.29 is 0 Å². The lowest BCUT2D eigenvalue weighted by molar-refractivity contribution is 0.110. The second-order valence-corrected chi connectivity index (χ2v) is 7.38. The van der Waals surface area contributed by atoms with Gasteiger partial charge >= 0.3 is 0 Å². The van der Waals surface area contributed by atoms with Crippen molar-refractivity contribution in [1.29, 1.82) is 0 Å². The van der Waals surface area contributed by atoms with Gasteiger partial charge in [0.1, 0.15) is 6.17 Å². The van der Waals surface area contributed by atoms with Gasteiger partial charge in [-0.25, -0.2) is 0 Å². The predicted molar refractivity (Wildman–Crippen MR) is 99.6 cm³/mol. The molecule has 0 aromatic heterocycles. The predicted octanol–water partition coefficient (Wildman–Crippen LogP) is 5.33. The minimum absolute atomic E-state index is 0.376. The maximum Gasteiger partial charge on any atom is 0.111 e. The van der Waals surface area contributed by atoms with E-state index in [0.29, 0.717) is 11.6 Å². The highest BCUT2D eigenvalue weighted by Crippen LogP contribution is 2.47. The average molecular weight is 313 g/mol. The van der Waals surface area contributed by atoms with Gasteiger partial charge in [0.25, 0.3) is 0 Å². The number of unbranched alkanes of at least 4 members (excludes halogenated alkanes) is 1. The third-order valence-electron chi connectivity index (χ3n) is 6.21. The SMILES string of the molecule is CCCCc1ccc2c(c1)N1C=CN(C)C1C(CC)(CC)CC2. The van der Waals surface area contributed by atoms with E-state index in [0.717, 1.165) is 0 Å². The molecule has 0 saturated heterocycles. The second kappa shape index (κ2) is 6.59. The summed E-state index contributed by atoms with van der Waals surface area (Å²) in [7, 11) is 2.24. The molecule has 126 valence electrons. The fourth-order valence-electron chi connectivity index (χ4n) is 4.55. The third-order valence-corrected chi connectivity index (χ3v) is 6.21. The van der Waals surface area contributed by atoms with Crippen molar-refractivity contribution >= 4 is 5.69 Å². The number of hydrogen-bond donors (Lipinski definition) is 0. The van der Waals surface area contributed by atoms with Crippen molar-refractivity contribution in [1.82, 2.24) is 4.90 Å². The van der Waals surface area contributed by atoms with Crippen LogP contribution in [0.4, 0.5) is 5.69 Å². The summed E-state index contributed by atoms with van der Waals surface area (Å²) < 4.78 is 0. The summed E-state index contributed by atoms with van der Waals surface area (Å²) in [5, 5.41) is 0. The zero-order valence-electron chi connectivity index (χ0n) is 15.3. The van der Waals surface area contributed by atoms with Gasteiger partial charge in [0.05, 0.1) is 0 Å². The number of fused-ring (bicyclic) bond motifs is 3. The molecule has 2 aliphatic heterocycles. The monoisotopic (exact) mass is 312 g/mol. The summed E-state index contributed by atoms with van der Waals surface area (Å²) in [5.41, 5.74) is 4.85. The quantitative estimate of drug-likeness (QED) is 0.725. The lowest BCUT2D eigenvalue weighted by atomic mass is 9.75. The van der Waals surface area contributed by atoms with Crippen LogP contribution in [0.3, 0.4) is 0 Å². The zero-order valence-corrected chi connectivity index (χ0v) is 15.3. The van der Waals surface area contributed by atoms with Crippen LogP contribution in [-0.4, -0.2) is 18.1 Å². The molecule has 2 heterocycles. The minimum atomic E-state index is 0.376. The van der Waals surface area contributed by atoms with Crippen LogP contribution >= 0.6 is 0 Å². The summed E-state index contributed by atoms with van der Waals surface area (Å²) in [4.78, 5) is 4.99. The van der Waals surface area contributed by atoms with Crippen LogP contribution in [0.1, 0.15) is 64.0 Å². The zero-order chi connectivity index (χ0) is 16.4. The molecule has 0 saturated carbocycles. The summed E-state index contributed by atoms with van der Waals surface area (Å²) in [6.07, 6.45) is 13.8. The standard InChI is InChI=1S/C21H32N2/c1-5-8-9-17-10-11-18-12-13-21(6-2,7-3)20-22(4)14-15-23(20)19(18)16-17/h10-11,14-16,20H,5-9,12-13H2,1-4H3. The van der Waals surface area contributed by atoms with Gasteiger partial charge in [-0.15, -0.1) is 0 Å². The number of benzene rings is 1. The Labute approximate surface area is 142 Å². The Morgan fingerprint density at radius 3 is 2.61 bits per heavy atom. The van der Waals surface area contributed by atoms with Crippen LogP contribution in [0.5, 0.6) is 0 Å². The van der Waals surface area contributed by atoms with Crippen molar-refractivity contribution in [2.75, 3.05) is 11.9 Å². The first-order valence-corrected chi connectivity index (χ1v) is 9.45. The van der Waals surface area contributed by atoms with Crippen molar-refractivity contribution in [3.63, 3.8) is 0 Å². The highest BCUT2D eigenvalue weighted by atomic mass is 15.4. The molecular formula is C21H32N2. The van der Waals surface area contributed by atoms with Crippen LogP contribution in [0.15, 0.2) is 30.6 Å². The lowest BCUT2D eigenvalue weighted by Gasteiger charge is -2.44. The average Bonchev–Trinajstić information content (AvgIpc) is 2.90. The topological polar surface area (TPSA) is 6.48 Å². The smallest absolute Gasteiger partial charge is 0.111 e. The van der Waals surface area contributed by atoms with E-state index in [4.69, 9.17) is 0 Å². The molecule has 1 aromatic carbocycles. The van der Waals surface area contributed by atoms with Crippen molar-refractivity contribution in [3.8, 4) is 0 Å². The fraction of sp³-hybridized carbons (Fsp3) is 0.619. The molecule has 0 aliphatic carbocycles. The Morgan fingerprint density at radius 1 is 1.13 bits per heavy atom. The van der Waals surface area contributed by atoms with Crippen LogP contribution in [0.2, 0.25) is 0 Å². The van der Waals surface area contributed by atoms with Crippen molar-refractivity contribution in [2.24, 2.45) is 5.41 Å². The molecule has 23 heavy (non-hydrogen) atoms. The fourth-order valence-corrected chi connectivity index (χ4v) is 4.55. The van der Waals surface area contributed by atoms with Crippen LogP contribution < -0.4 is 4.90 Å². The van der Waals surface area contributed by atoms with Gasteiger partial charge in [-0.3, -0.25) is 0 Å². The molecule has 0 amide bonds. The molecule has 0 radical (unpaired) electrons. The molecule has 3 rings (SSSR count). The van der Waals surface area contributed by atoms with Gasteiger partial charge in [-0.2, -0.15) is 0 Å². The van der Waals surface area contributed by atoms with Gasteiger partial charge in [0.15, 0.2) is 0 Å².